The molecule has 2 heterocycles. The minimum atomic E-state index is -0.367. The van der Waals surface area contributed by atoms with Crippen molar-refractivity contribution in [2.75, 3.05) is 5.32 Å². The molecule has 128 valence electrons. The number of Topliss-reactive ketones (excluding diaryl/α,β-unsaturated/α-hetero) is 1. The Morgan fingerprint density at radius 1 is 1.28 bits per heavy atom. The molecule has 1 aromatic carbocycles. The Kier molecular flexibility index (Phi) is 5.14. The van der Waals surface area contributed by atoms with E-state index in [4.69, 9.17) is 4.42 Å². The van der Waals surface area contributed by atoms with Crippen molar-refractivity contribution in [2.45, 2.75) is 30.7 Å². The quantitative estimate of drug-likeness (QED) is 0.532. The molecule has 1 unspecified atom stereocenters. The van der Waals surface area contributed by atoms with E-state index in [2.05, 4.69) is 15.3 Å². The van der Waals surface area contributed by atoms with Gasteiger partial charge in [-0.3, -0.25) is 9.59 Å². The molecule has 3 aromatic rings. The SMILES string of the molecule is CCC(Sc1nc2ncccc2o1)C(=O)Nc1cccc(C(C)=O)c1. The van der Waals surface area contributed by atoms with Gasteiger partial charge in [0.05, 0.1) is 5.25 Å². The number of nitrogens with zero attached hydrogens (tertiary/aromatic N) is 2. The Hall–Kier alpha value is -2.67. The van der Waals surface area contributed by atoms with Crippen LogP contribution >= 0.6 is 11.8 Å². The maximum Gasteiger partial charge on any atom is 0.259 e. The number of hydrogen-bond donors (Lipinski definition) is 1. The van der Waals surface area contributed by atoms with E-state index >= 15 is 0 Å². The normalized spacial score (nSPS) is 12.1. The second-order valence-electron chi connectivity index (χ2n) is 5.45. The summed E-state index contributed by atoms with van der Waals surface area (Å²) in [5, 5.41) is 2.89. The highest BCUT2D eigenvalue weighted by atomic mass is 32.2. The molecule has 3 rings (SSSR count). The maximum atomic E-state index is 12.5. The van der Waals surface area contributed by atoms with Crippen molar-refractivity contribution in [3.8, 4) is 0 Å². The number of amides is 1. The summed E-state index contributed by atoms with van der Waals surface area (Å²) < 4.78 is 5.62. The van der Waals surface area contributed by atoms with E-state index in [1.807, 2.05) is 6.92 Å². The minimum Gasteiger partial charge on any atom is -0.430 e. The van der Waals surface area contributed by atoms with Crippen LogP contribution in [-0.4, -0.2) is 26.9 Å². The lowest BCUT2D eigenvalue weighted by Crippen LogP contribution is -2.24. The zero-order chi connectivity index (χ0) is 17.8. The molecule has 25 heavy (non-hydrogen) atoms. The van der Waals surface area contributed by atoms with Crippen LogP contribution in [-0.2, 0) is 4.79 Å². The summed E-state index contributed by atoms with van der Waals surface area (Å²) in [6.45, 7) is 3.41. The van der Waals surface area contributed by atoms with E-state index in [9.17, 15) is 9.59 Å². The third-order valence-corrected chi connectivity index (χ3v) is 4.80. The van der Waals surface area contributed by atoms with Crippen LogP contribution in [0.1, 0.15) is 30.6 Å². The molecule has 0 spiro atoms. The number of benzene rings is 1. The molecule has 0 fully saturated rings. The second kappa shape index (κ2) is 7.48. The van der Waals surface area contributed by atoms with Crippen LogP contribution in [0.25, 0.3) is 11.2 Å². The Bertz CT molecular complexity index is 890. The Labute approximate surface area is 149 Å². The molecule has 1 amide bonds. The average molecular weight is 355 g/mol. The van der Waals surface area contributed by atoms with Crippen LogP contribution < -0.4 is 5.32 Å². The number of carbonyl (C=O) groups excluding carboxylic acids is 2. The number of aromatic nitrogens is 2. The number of anilines is 1. The molecule has 0 radical (unpaired) electrons. The number of hydrogen-bond acceptors (Lipinski definition) is 6. The molecule has 1 atom stereocenters. The van der Waals surface area contributed by atoms with E-state index in [0.717, 1.165) is 0 Å². The number of ketones is 1. The van der Waals surface area contributed by atoms with E-state index in [1.54, 1.807) is 42.6 Å². The van der Waals surface area contributed by atoms with Gasteiger partial charge in [-0.2, -0.15) is 4.98 Å². The fraction of sp³-hybridized carbons (Fsp3) is 0.222. The summed E-state index contributed by atoms with van der Waals surface area (Å²) in [5.41, 5.74) is 2.27. The maximum absolute atomic E-state index is 12.5. The second-order valence-corrected chi connectivity index (χ2v) is 6.60. The lowest BCUT2D eigenvalue weighted by atomic mass is 10.1. The summed E-state index contributed by atoms with van der Waals surface area (Å²) in [4.78, 5) is 32.4. The molecule has 0 bridgehead atoms. The summed E-state index contributed by atoms with van der Waals surface area (Å²) in [6, 6.07) is 10.4. The van der Waals surface area contributed by atoms with Gasteiger partial charge in [0.25, 0.3) is 5.22 Å². The van der Waals surface area contributed by atoms with Gasteiger partial charge >= 0.3 is 0 Å². The van der Waals surface area contributed by atoms with Crippen LogP contribution in [0.2, 0.25) is 0 Å². The topological polar surface area (TPSA) is 85.1 Å². The largest absolute Gasteiger partial charge is 0.430 e. The predicted octanol–water partition coefficient (Wildman–Crippen LogP) is 3.93. The van der Waals surface area contributed by atoms with Crippen molar-refractivity contribution in [2.24, 2.45) is 0 Å². The first kappa shape index (κ1) is 17.2. The van der Waals surface area contributed by atoms with E-state index in [-0.39, 0.29) is 16.9 Å². The highest BCUT2D eigenvalue weighted by Crippen LogP contribution is 2.28. The Morgan fingerprint density at radius 2 is 2.12 bits per heavy atom. The number of fused-ring (bicyclic) bond motifs is 1. The molecule has 6 nitrogen and oxygen atoms in total. The highest BCUT2D eigenvalue weighted by molar-refractivity contribution is 8.00. The number of nitrogens with one attached hydrogen (secondary N) is 1. The van der Waals surface area contributed by atoms with Crippen molar-refractivity contribution in [1.82, 2.24) is 9.97 Å². The summed E-state index contributed by atoms with van der Waals surface area (Å²) in [7, 11) is 0. The number of pyridine rings is 1. The van der Waals surface area contributed by atoms with Crippen molar-refractivity contribution in [3.63, 3.8) is 0 Å². The van der Waals surface area contributed by atoms with Crippen LogP contribution in [0, 0.1) is 0 Å². The van der Waals surface area contributed by atoms with E-state index in [1.165, 1.54) is 18.7 Å². The third kappa shape index (κ3) is 4.06. The predicted molar refractivity (Wildman–Crippen MR) is 96.8 cm³/mol. The molecular formula is C18H17N3O3S. The van der Waals surface area contributed by atoms with Crippen LogP contribution in [0.3, 0.4) is 0 Å². The average Bonchev–Trinajstić information content (AvgIpc) is 3.02. The fourth-order valence-corrected chi connectivity index (χ4v) is 3.14. The van der Waals surface area contributed by atoms with E-state index in [0.29, 0.717) is 34.1 Å². The first-order valence-corrected chi connectivity index (χ1v) is 8.75. The summed E-state index contributed by atoms with van der Waals surface area (Å²) in [5.74, 6) is -0.208. The number of oxazole rings is 1. The smallest absolute Gasteiger partial charge is 0.259 e. The first-order valence-electron chi connectivity index (χ1n) is 7.87. The fourth-order valence-electron chi connectivity index (χ4n) is 2.28. The van der Waals surface area contributed by atoms with Crippen molar-refractivity contribution in [3.05, 3.63) is 48.2 Å². The molecule has 1 N–H and O–H groups in total. The van der Waals surface area contributed by atoms with E-state index < -0.39 is 0 Å². The third-order valence-electron chi connectivity index (χ3n) is 3.59. The Morgan fingerprint density at radius 3 is 2.84 bits per heavy atom. The molecular weight excluding hydrogens is 338 g/mol. The molecule has 0 saturated carbocycles. The molecule has 0 saturated heterocycles. The van der Waals surface area contributed by atoms with Gasteiger partial charge in [0.15, 0.2) is 17.0 Å². The molecule has 2 aromatic heterocycles. The van der Waals surface area contributed by atoms with Gasteiger partial charge in [-0.05, 0) is 37.6 Å². The lowest BCUT2D eigenvalue weighted by molar-refractivity contribution is -0.115. The number of thioether (sulfide) groups is 1. The lowest BCUT2D eigenvalue weighted by Gasteiger charge is -2.13. The van der Waals surface area contributed by atoms with Gasteiger partial charge in [-0.1, -0.05) is 30.8 Å². The zero-order valence-electron chi connectivity index (χ0n) is 13.9. The van der Waals surface area contributed by atoms with Crippen LogP contribution in [0.5, 0.6) is 0 Å². The van der Waals surface area contributed by atoms with Crippen LogP contribution in [0.15, 0.2) is 52.2 Å². The van der Waals surface area contributed by atoms with Crippen molar-refractivity contribution >= 4 is 40.4 Å². The monoisotopic (exact) mass is 355 g/mol. The zero-order valence-corrected chi connectivity index (χ0v) is 14.7. The van der Waals surface area contributed by atoms with Gasteiger partial charge in [0.2, 0.25) is 5.91 Å². The number of rotatable bonds is 6. The Balaban J connectivity index is 1.72. The minimum absolute atomic E-state index is 0.0449. The number of carbonyl (C=O) groups is 2. The van der Waals surface area contributed by atoms with Gasteiger partial charge in [0, 0.05) is 17.4 Å². The highest BCUT2D eigenvalue weighted by Gasteiger charge is 2.21. The first-order chi connectivity index (χ1) is 12.1. The summed E-state index contributed by atoms with van der Waals surface area (Å²) in [6.07, 6.45) is 2.25. The molecule has 0 aliphatic rings. The van der Waals surface area contributed by atoms with Gasteiger partial charge < -0.3 is 9.73 Å². The van der Waals surface area contributed by atoms with Crippen LogP contribution in [0.4, 0.5) is 5.69 Å². The van der Waals surface area contributed by atoms with Gasteiger partial charge in [0.1, 0.15) is 0 Å². The van der Waals surface area contributed by atoms with Crippen molar-refractivity contribution < 1.29 is 14.0 Å². The molecule has 0 aliphatic heterocycles. The van der Waals surface area contributed by atoms with Gasteiger partial charge in [-0.15, -0.1) is 0 Å². The summed E-state index contributed by atoms with van der Waals surface area (Å²) >= 11 is 1.26. The van der Waals surface area contributed by atoms with Gasteiger partial charge in [-0.25, -0.2) is 4.98 Å². The molecule has 7 heteroatoms. The standard InChI is InChI=1S/C18H17N3O3S/c1-3-15(25-18-21-16-14(24-18)8-5-9-19-16)17(23)20-13-7-4-6-12(10-13)11(2)22/h4-10,15H,3H2,1-2H3,(H,20,23). The van der Waals surface area contributed by atoms with Crippen molar-refractivity contribution in [1.29, 1.82) is 0 Å². The molecule has 0 aliphatic carbocycles.